The second-order valence-corrected chi connectivity index (χ2v) is 6.53. The van der Waals surface area contributed by atoms with Crippen molar-refractivity contribution in [3.8, 4) is 0 Å². The highest BCUT2D eigenvalue weighted by molar-refractivity contribution is 7.15. The van der Waals surface area contributed by atoms with Gasteiger partial charge in [-0.3, -0.25) is 10.1 Å². The summed E-state index contributed by atoms with van der Waals surface area (Å²) in [4.78, 5) is 17.2. The minimum atomic E-state index is -0.605. The number of nitrogens with zero attached hydrogens (tertiary/aromatic N) is 2. The van der Waals surface area contributed by atoms with Crippen molar-refractivity contribution in [3.63, 3.8) is 0 Å². The van der Waals surface area contributed by atoms with Crippen molar-refractivity contribution in [1.82, 2.24) is 9.55 Å². The van der Waals surface area contributed by atoms with Crippen molar-refractivity contribution in [2.24, 2.45) is 7.05 Å². The number of carbonyl (C=O) groups excluding carboxylic acids is 1. The number of halogens is 2. The fraction of sp³-hybridized carbons (Fsp3) is 0.176. The highest BCUT2D eigenvalue weighted by atomic mass is 32.1. The maximum atomic E-state index is 13.7. The van der Waals surface area contributed by atoms with Crippen molar-refractivity contribution in [2.45, 2.75) is 13.3 Å². The fourth-order valence-electron chi connectivity index (χ4n) is 2.30. The van der Waals surface area contributed by atoms with Crippen molar-refractivity contribution in [3.05, 3.63) is 70.0 Å². The molecule has 24 heavy (non-hydrogen) atoms. The van der Waals surface area contributed by atoms with Crippen LogP contribution in [0.3, 0.4) is 0 Å². The smallest absolute Gasteiger partial charge is 0.274 e. The summed E-state index contributed by atoms with van der Waals surface area (Å²) in [6.07, 6.45) is 1.88. The van der Waals surface area contributed by atoms with Gasteiger partial charge in [0.15, 0.2) is 5.13 Å². The monoisotopic (exact) mass is 347 g/mol. The lowest BCUT2D eigenvalue weighted by atomic mass is 10.1. The van der Waals surface area contributed by atoms with E-state index in [-0.39, 0.29) is 5.91 Å². The Morgan fingerprint density at radius 1 is 1.29 bits per heavy atom. The summed E-state index contributed by atoms with van der Waals surface area (Å²) >= 11 is 1.26. The molecule has 0 fully saturated rings. The number of nitrogens with one attached hydrogen (secondary N) is 1. The first-order valence-electron chi connectivity index (χ1n) is 7.26. The number of benzene rings is 1. The van der Waals surface area contributed by atoms with Crippen LogP contribution in [-0.2, 0) is 13.5 Å². The normalized spacial score (nSPS) is 10.8. The van der Waals surface area contributed by atoms with Gasteiger partial charge in [-0.1, -0.05) is 6.07 Å². The van der Waals surface area contributed by atoms with E-state index in [2.05, 4.69) is 10.3 Å². The molecule has 124 valence electrons. The van der Waals surface area contributed by atoms with Crippen molar-refractivity contribution in [2.75, 3.05) is 5.32 Å². The molecule has 0 saturated heterocycles. The number of hydrogen-bond acceptors (Lipinski definition) is 3. The number of hydrogen-bond donors (Lipinski definition) is 1. The molecule has 3 rings (SSSR count). The minimum absolute atomic E-state index is 0.250. The van der Waals surface area contributed by atoms with E-state index in [1.807, 2.05) is 20.0 Å². The maximum Gasteiger partial charge on any atom is 0.274 e. The van der Waals surface area contributed by atoms with Gasteiger partial charge in [0.1, 0.15) is 17.3 Å². The van der Waals surface area contributed by atoms with Crippen LogP contribution in [0.5, 0.6) is 0 Å². The predicted octanol–water partition coefficient (Wildman–Crippen LogP) is 3.91. The minimum Gasteiger partial charge on any atom is -0.344 e. The van der Waals surface area contributed by atoms with Crippen molar-refractivity contribution < 1.29 is 13.6 Å². The van der Waals surface area contributed by atoms with E-state index in [9.17, 15) is 13.6 Å². The number of thiazole rings is 1. The molecule has 2 aromatic heterocycles. The number of rotatable bonds is 4. The average Bonchev–Trinajstić information content (AvgIpc) is 3.10. The zero-order valence-electron chi connectivity index (χ0n) is 13.1. The molecule has 0 saturated carbocycles. The van der Waals surface area contributed by atoms with Gasteiger partial charge in [-0.15, -0.1) is 11.3 Å². The van der Waals surface area contributed by atoms with E-state index >= 15 is 0 Å². The lowest BCUT2D eigenvalue weighted by molar-refractivity contribution is 0.101. The van der Waals surface area contributed by atoms with Gasteiger partial charge in [0, 0.05) is 36.3 Å². The van der Waals surface area contributed by atoms with Gasteiger partial charge in [0.25, 0.3) is 5.91 Å². The van der Waals surface area contributed by atoms with E-state index in [0.29, 0.717) is 22.8 Å². The summed E-state index contributed by atoms with van der Waals surface area (Å²) < 4.78 is 28.4. The maximum absolute atomic E-state index is 13.7. The molecule has 0 unspecified atom stereocenters. The number of carbonyl (C=O) groups is 1. The average molecular weight is 347 g/mol. The number of aromatic nitrogens is 2. The summed E-state index contributed by atoms with van der Waals surface area (Å²) in [7, 11) is 1.81. The molecule has 3 aromatic rings. The molecule has 0 atom stereocenters. The first-order valence-corrected chi connectivity index (χ1v) is 8.08. The van der Waals surface area contributed by atoms with Gasteiger partial charge < -0.3 is 4.57 Å². The molecule has 0 aliphatic rings. The summed E-state index contributed by atoms with van der Waals surface area (Å²) in [6.45, 7) is 1.91. The van der Waals surface area contributed by atoms with Crippen molar-refractivity contribution >= 4 is 22.4 Å². The van der Waals surface area contributed by atoms with Crippen LogP contribution < -0.4 is 5.32 Å². The lowest BCUT2D eigenvalue weighted by Crippen LogP contribution is -2.15. The highest BCUT2D eigenvalue weighted by Gasteiger charge is 2.14. The molecule has 1 N–H and O–H groups in total. The van der Waals surface area contributed by atoms with Crippen LogP contribution in [0.25, 0.3) is 0 Å². The van der Waals surface area contributed by atoms with E-state index in [0.717, 1.165) is 16.6 Å². The lowest BCUT2D eigenvalue weighted by Gasteiger charge is -2.04. The Balaban J connectivity index is 1.71. The van der Waals surface area contributed by atoms with Crippen molar-refractivity contribution in [1.29, 1.82) is 0 Å². The van der Waals surface area contributed by atoms with Gasteiger partial charge in [0.2, 0.25) is 0 Å². The molecule has 0 radical (unpaired) electrons. The Morgan fingerprint density at radius 3 is 2.75 bits per heavy atom. The van der Waals surface area contributed by atoms with Crippen LogP contribution in [0.2, 0.25) is 0 Å². The van der Waals surface area contributed by atoms with Crippen LogP contribution >= 0.6 is 11.3 Å². The molecule has 0 spiro atoms. The second-order valence-electron chi connectivity index (χ2n) is 5.42. The zero-order valence-corrected chi connectivity index (χ0v) is 14.0. The van der Waals surface area contributed by atoms with E-state index < -0.39 is 11.6 Å². The first kappa shape index (κ1) is 16.3. The fourth-order valence-corrected chi connectivity index (χ4v) is 3.13. The molecule has 1 amide bonds. The summed E-state index contributed by atoms with van der Waals surface area (Å²) in [5, 5.41) is 3.18. The molecule has 2 heterocycles. The van der Waals surface area contributed by atoms with Gasteiger partial charge in [-0.05, 0) is 30.7 Å². The first-order chi connectivity index (χ1) is 11.4. The molecule has 1 aromatic carbocycles. The highest BCUT2D eigenvalue weighted by Crippen LogP contribution is 2.23. The largest absolute Gasteiger partial charge is 0.344 e. The van der Waals surface area contributed by atoms with Gasteiger partial charge >= 0.3 is 0 Å². The third-order valence-electron chi connectivity index (χ3n) is 3.76. The number of anilines is 1. The third kappa shape index (κ3) is 3.35. The van der Waals surface area contributed by atoms with Gasteiger partial charge in [0.05, 0.1) is 0 Å². The van der Waals surface area contributed by atoms with Gasteiger partial charge in [-0.2, -0.15) is 0 Å². The van der Waals surface area contributed by atoms with Crippen LogP contribution in [0.1, 0.15) is 26.6 Å². The summed E-state index contributed by atoms with van der Waals surface area (Å²) in [5.41, 5.74) is 1.90. The molecule has 0 aliphatic carbocycles. The Bertz CT molecular complexity index is 901. The van der Waals surface area contributed by atoms with E-state index in [1.54, 1.807) is 16.8 Å². The molecule has 0 aliphatic heterocycles. The Kier molecular flexibility index (Phi) is 4.44. The molecular weight excluding hydrogens is 332 g/mol. The van der Waals surface area contributed by atoms with Crippen LogP contribution in [-0.4, -0.2) is 15.5 Å². The quantitative estimate of drug-likeness (QED) is 0.778. The van der Waals surface area contributed by atoms with Crippen LogP contribution in [0, 0.1) is 18.6 Å². The summed E-state index contributed by atoms with van der Waals surface area (Å²) in [5.74, 6) is -1.45. The van der Waals surface area contributed by atoms with E-state index in [1.165, 1.54) is 23.5 Å². The third-order valence-corrected chi connectivity index (χ3v) is 4.67. The standard InChI is InChI=1S/C17H15F2N3OS/c1-10-3-6-15(22(10)2)16(23)21-17-20-9-13(24-17)7-11-4-5-12(18)8-14(11)19/h3-6,8-9H,7H2,1-2H3,(H,20,21,23). The number of amides is 1. The zero-order chi connectivity index (χ0) is 17.3. The molecular formula is C17H15F2N3OS. The predicted molar refractivity (Wildman–Crippen MR) is 89.4 cm³/mol. The Labute approximate surface area is 141 Å². The molecule has 7 heteroatoms. The van der Waals surface area contributed by atoms with Crippen LogP contribution in [0.4, 0.5) is 13.9 Å². The van der Waals surface area contributed by atoms with Gasteiger partial charge in [-0.25, -0.2) is 13.8 Å². The Hall–Kier alpha value is -2.54. The number of aryl methyl sites for hydroxylation is 1. The topological polar surface area (TPSA) is 46.9 Å². The SMILES string of the molecule is Cc1ccc(C(=O)Nc2ncc(Cc3ccc(F)cc3F)s2)n1C. The van der Waals surface area contributed by atoms with Crippen LogP contribution in [0.15, 0.2) is 36.5 Å². The summed E-state index contributed by atoms with van der Waals surface area (Å²) in [6, 6.07) is 7.10. The molecule has 0 bridgehead atoms. The Morgan fingerprint density at radius 2 is 2.08 bits per heavy atom. The van der Waals surface area contributed by atoms with E-state index in [4.69, 9.17) is 0 Å². The second kappa shape index (κ2) is 6.52. The molecule has 4 nitrogen and oxygen atoms in total.